The zero-order valence-electron chi connectivity index (χ0n) is 18.2. The van der Waals surface area contributed by atoms with E-state index in [1.807, 2.05) is 12.1 Å². The number of para-hydroxylation sites is 1. The van der Waals surface area contributed by atoms with Gasteiger partial charge in [-0.25, -0.2) is 0 Å². The van der Waals surface area contributed by atoms with Crippen molar-refractivity contribution in [1.82, 2.24) is 10.6 Å². The minimum absolute atomic E-state index is 0.286. The van der Waals surface area contributed by atoms with Crippen LogP contribution >= 0.6 is 0 Å². The molecule has 1 aromatic carbocycles. The molecule has 7 heteroatoms. The molecule has 0 bridgehead atoms. The van der Waals surface area contributed by atoms with Gasteiger partial charge in [0.1, 0.15) is 0 Å². The first-order valence-corrected chi connectivity index (χ1v) is 10.6. The number of unbranched alkanes of at least 4 members (excludes halogenated alkanes) is 1. The molecule has 0 amide bonds. The van der Waals surface area contributed by atoms with E-state index in [-0.39, 0.29) is 6.10 Å². The van der Waals surface area contributed by atoms with Crippen molar-refractivity contribution in [1.29, 1.82) is 0 Å². The van der Waals surface area contributed by atoms with Gasteiger partial charge in [0.15, 0.2) is 17.5 Å². The van der Waals surface area contributed by atoms with Crippen LogP contribution in [0.4, 0.5) is 0 Å². The summed E-state index contributed by atoms with van der Waals surface area (Å²) >= 11 is 0. The molecule has 1 aromatic rings. The van der Waals surface area contributed by atoms with Gasteiger partial charge in [0, 0.05) is 39.4 Å². The van der Waals surface area contributed by atoms with E-state index in [1.54, 1.807) is 21.3 Å². The number of aliphatic imine (C=N–C) groups is 1. The predicted molar refractivity (Wildman–Crippen MR) is 116 cm³/mol. The standard InChI is InChI=1S/C22H37N3O4/c1-23-22(24-13-6-7-14-28-16-15-26-2)25-17-18-9-8-12-20(27-3)21(18)29-19-10-4-5-11-19/h8-9,12,19H,4-7,10-11,13-17H2,1-3H3,(H2,23,24,25). The Morgan fingerprint density at radius 3 is 2.62 bits per heavy atom. The third-order valence-electron chi connectivity index (χ3n) is 4.98. The van der Waals surface area contributed by atoms with Crippen LogP contribution in [-0.2, 0) is 16.0 Å². The van der Waals surface area contributed by atoms with Crippen molar-refractivity contribution in [3.63, 3.8) is 0 Å². The molecule has 2 rings (SSSR count). The molecule has 7 nitrogen and oxygen atoms in total. The Bertz CT molecular complexity index is 604. The summed E-state index contributed by atoms with van der Waals surface area (Å²) in [7, 11) is 5.15. The Balaban J connectivity index is 1.78. The molecule has 2 N–H and O–H groups in total. The molecule has 0 radical (unpaired) electrons. The van der Waals surface area contributed by atoms with Crippen LogP contribution in [0, 0.1) is 0 Å². The van der Waals surface area contributed by atoms with Crippen LogP contribution in [0.5, 0.6) is 11.5 Å². The summed E-state index contributed by atoms with van der Waals surface area (Å²) in [4.78, 5) is 4.31. The largest absolute Gasteiger partial charge is 0.493 e. The molecule has 0 atom stereocenters. The maximum absolute atomic E-state index is 6.30. The molecule has 164 valence electrons. The summed E-state index contributed by atoms with van der Waals surface area (Å²) in [6, 6.07) is 6.02. The highest BCUT2D eigenvalue weighted by atomic mass is 16.5. The van der Waals surface area contributed by atoms with Crippen LogP contribution in [0.1, 0.15) is 44.1 Å². The Labute approximate surface area is 175 Å². The van der Waals surface area contributed by atoms with E-state index in [0.717, 1.165) is 61.9 Å². The molecule has 0 saturated heterocycles. The number of hydrogen-bond donors (Lipinski definition) is 2. The second-order valence-electron chi connectivity index (χ2n) is 7.14. The molecule has 1 aliphatic rings. The maximum atomic E-state index is 6.30. The first kappa shape index (κ1) is 23.3. The topological polar surface area (TPSA) is 73.3 Å². The molecule has 0 aliphatic heterocycles. The number of nitrogens with one attached hydrogen (secondary N) is 2. The first-order chi connectivity index (χ1) is 14.3. The fourth-order valence-electron chi connectivity index (χ4n) is 3.35. The van der Waals surface area contributed by atoms with E-state index in [9.17, 15) is 0 Å². The van der Waals surface area contributed by atoms with E-state index >= 15 is 0 Å². The average Bonchev–Trinajstić information content (AvgIpc) is 3.26. The molecule has 0 spiro atoms. The van der Waals surface area contributed by atoms with Crippen molar-refractivity contribution in [2.45, 2.75) is 51.2 Å². The molecule has 0 unspecified atom stereocenters. The SMILES string of the molecule is CN=C(NCCCCOCCOC)NCc1cccc(OC)c1OC1CCCC1. The predicted octanol–water partition coefficient (Wildman–Crippen LogP) is 3.12. The molecule has 0 heterocycles. The van der Waals surface area contributed by atoms with Crippen molar-refractivity contribution in [3.05, 3.63) is 23.8 Å². The zero-order chi connectivity index (χ0) is 20.7. The van der Waals surface area contributed by atoms with Gasteiger partial charge in [-0.3, -0.25) is 4.99 Å². The molecular formula is C22H37N3O4. The van der Waals surface area contributed by atoms with Crippen LogP contribution in [-0.4, -0.2) is 59.7 Å². The number of nitrogens with zero attached hydrogens (tertiary/aromatic N) is 1. The monoisotopic (exact) mass is 407 g/mol. The maximum Gasteiger partial charge on any atom is 0.191 e. The summed E-state index contributed by atoms with van der Waals surface area (Å²) in [5.41, 5.74) is 1.07. The lowest BCUT2D eigenvalue weighted by Gasteiger charge is -2.20. The van der Waals surface area contributed by atoms with Gasteiger partial charge in [0.25, 0.3) is 0 Å². The van der Waals surface area contributed by atoms with Crippen LogP contribution in [0.2, 0.25) is 0 Å². The van der Waals surface area contributed by atoms with Crippen molar-refractivity contribution < 1.29 is 18.9 Å². The second-order valence-corrected chi connectivity index (χ2v) is 7.14. The number of benzene rings is 1. The summed E-state index contributed by atoms with van der Waals surface area (Å²) in [6.45, 7) is 3.52. The van der Waals surface area contributed by atoms with Gasteiger partial charge in [0.2, 0.25) is 0 Å². The molecule has 1 saturated carbocycles. The van der Waals surface area contributed by atoms with Crippen molar-refractivity contribution in [3.8, 4) is 11.5 Å². The minimum Gasteiger partial charge on any atom is -0.493 e. The van der Waals surface area contributed by atoms with Crippen LogP contribution in [0.3, 0.4) is 0 Å². The summed E-state index contributed by atoms with van der Waals surface area (Å²) in [6.07, 6.45) is 7.01. The lowest BCUT2D eigenvalue weighted by Crippen LogP contribution is -2.37. The Kier molecular flexibility index (Phi) is 11.3. The summed E-state index contributed by atoms with van der Waals surface area (Å²) < 4.78 is 22.3. The van der Waals surface area contributed by atoms with Gasteiger partial charge in [-0.15, -0.1) is 0 Å². The number of rotatable bonds is 13. The summed E-state index contributed by atoms with van der Waals surface area (Å²) in [5.74, 6) is 2.41. The third kappa shape index (κ3) is 8.50. The quantitative estimate of drug-likeness (QED) is 0.297. The molecule has 0 aromatic heterocycles. The fraction of sp³-hybridized carbons (Fsp3) is 0.682. The smallest absolute Gasteiger partial charge is 0.191 e. The molecule has 1 aliphatic carbocycles. The van der Waals surface area contributed by atoms with Gasteiger partial charge in [-0.2, -0.15) is 0 Å². The van der Waals surface area contributed by atoms with E-state index in [2.05, 4.69) is 21.7 Å². The highest BCUT2D eigenvalue weighted by Crippen LogP contribution is 2.34. The lowest BCUT2D eigenvalue weighted by molar-refractivity contribution is 0.0689. The average molecular weight is 408 g/mol. The van der Waals surface area contributed by atoms with Gasteiger partial charge in [0.05, 0.1) is 26.4 Å². The Morgan fingerprint density at radius 1 is 1.07 bits per heavy atom. The number of hydrogen-bond acceptors (Lipinski definition) is 5. The van der Waals surface area contributed by atoms with Crippen LogP contribution in [0.25, 0.3) is 0 Å². The van der Waals surface area contributed by atoms with Crippen molar-refractivity contribution in [2.75, 3.05) is 47.6 Å². The van der Waals surface area contributed by atoms with Crippen LogP contribution in [0.15, 0.2) is 23.2 Å². The number of methoxy groups -OCH3 is 2. The molecular weight excluding hydrogens is 370 g/mol. The van der Waals surface area contributed by atoms with Crippen LogP contribution < -0.4 is 20.1 Å². The highest BCUT2D eigenvalue weighted by molar-refractivity contribution is 5.79. The molecule has 29 heavy (non-hydrogen) atoms. The fourth-order valence-corrected chi connectivity index (χ4v) is 3.35. The molecule has 1 fully saturated rings. The van der Waals surface area contributed by atoms with Gasteiger partial charge < -0.3 is 29.6 Å². The van der Waals surface area contributed by atoms with E-state index < -0.39 is 0 Å². The van der Waals surface area contributed by atoms with E-state index in [4.69, 9.17) is 18.9 Å². The Morgan fingerprint density at radius 2 is 1.90 bits per heavy atom. The lowest BCUT2D eigenvalue weighted by atomic mass is 10.1. The zero-order valence-corrected chi connectivity index (χ0v) is 18.2. The van der Waals surface area contributed by atoms with Gasteiger partial charge in [-0.05, 0) is 44.6 Å². The van der Waals surface area contributed by atoms with Crippen molar-refractivity contribution in [2.24, 2.45) is 4.99 Å². The van der Waals surface area contributed by atoms with Gasteiger partial charge >= 0.3 is 0 Å². The third-order valence-corrected chi connectivity index (χ3v) is 4.98. The number of guanidine groups is 1. The van der Waals surface area contributed by atoms with Gasteiger partial charge in [-0.1, -0.05) is 12.1 Å². The summed E-state index contributed by atoms with van der Waals surface area (Å²) in [5, 5.41) is 6.73. The number of ether oxygens (including phenoxy) is 4. The van der Waals surface area contributed by atoms with E-state index in [1.165, 1.54) is 12.8 Å². The minimum atomic E-state index is 0.286. The second kappa shape index (κ2) is 14.1. The van der Waals surface area contributed by atoms with Crippen molar-refractivity contribution >= 4 is 5.96 Å². The highest BCUT2D eigenvalue weighted by Gasteiger charge is 2.20. The van der Waals surface area contributed by atoms with E-state index in [0.29, 0.717) is 19.8 Å². The Hall–Kier alpha value is -1.99. The normalized spacial score (nSPS) is 14.8. The first-order valence-electron chi connectivity index (χ1n) is 10.6.